The molecule has 2 bridgehead atoms. The van der Waals surface area contributed by atoms with Gasteiger partial charge in [0.1, 0.15) is 17.9 Å². The zero-order chi connectivity index (χ0) is 24.1. The molecule has 0 aromatic heterocycles. The minimum Gasteiger partial charge on any atom is -0.388 e. The first kappa shape index (κ1) is 22.5. The largest absolute Gasteiger partial charge is 0.417 e. The monoisotopic (exact) mass is 487 g/mol. The number of carbonyl (C=O) groups is 1. The smallest absolute Gasteiger partial charge is 0.388 e. The summed E-state index contributed by atoms with van der Waals surface area (Å²) in [6.45, 7) is 1.56. The molecule has 9 nitrogen and oxygen atoms in total. The Morgan fingerprint density at radius 1 is 1.36 bits per heavy atom. The van der Waals surface area contributed by atoms with Crippen molar-refractivity contribution in [2.75, 3.05) is 17.8 Å². The van der Waals surface area contributed by atoms with Crippen molar-refractivity contribution in [3.05, 3.63) is 29.3 Å². The number of nitrogens with zero attached hydrogens (tertiary/aromatic N) is 2. The molecule has 1 aromatic carbocycles. The Balaban J connectivity index is 1.62. The summed E-state index contributed by atoms with van der Waals surface area (Å²) in [5, 5.41) is 20.2. The van der Waals surface area contributed by atoms with Gasteiger partial charge in [0.25, 0.3) is 0 Å². The number of nitriles is 1. The van der Waals surface area contributed by atoms with Crippen LogP contribution in [0.2, 0.25) is 0 Å². The van der Waals surface area contributed by atoms with E-state index in [1.54, 1.807) is 0 Å². The molecule has 4 aliphatic rings. The molecule has 1 amide bonds. The number of alkyl halides is 3. The molecule has 33 heavy (non-hydrogen) atoms. The van der Waals surface area contributed by atoms with E-state index in [1.165, 1.54) is 19.1 Å². The molecule has 0 unspecified atom stereocenters. The molecule has 4 fully saturated rings. The highest BCUT2D eigenvalue weighted by molar-refractivity contribution is 7.88. The molecule has 0 saturated carbocycles. The molecular formula is C20H20F3N3O6S. The van der Waals surface area contributed by atoms with Crippen molar-refractivity contribution in [1.29, 1.82) is 5.26 Å². The Hall–Kier alpha value is -2.24. The van der Waals surface area contributed by atoms with Crippen molar-refractivity contribution < 1.29 is 41.0 Å². The highest BCUT2D eigenvalue weighted by Gasteiger charge is 2.81. The summed E-state index contributed by atoms with van der Waals surface area (Å²) in [5.41, 5.74) is -4.60. The molecule has 1 aromatic rings. The Labute approximate surface area is 187 Å². The minimum atomic E-state index is -4.82. The molecule has 0 aliphatic carbocycles. The summed E-state index contributed by atoms with van der Waals surface area (Å²) in [7, 11) is -3.77. The SMILES string of the molecule is C[C@]12O[C@@]3(CCO[C@H]4[C@@H]3[C@@H]1C(=O)N4c1ccc(C#N)c(C(F)(F)F)c1)[C@@H](O)[C@@H]2NS(C)(=O)=O. The van der Waals surface area contributed by atoms with Crippen LogP contribution >= 0.6 is 0 Å². The zero-order valence-corrected chi connectivity index (χ0v) is 18.3. The Morgan fingerprint density at radius 3 is 2.67 bits per heavy atom. The Bertz CT molecular complexity index is 1200. The Kier molecular flexibility index (Phi) is 4.56. The molecule has 1 spiro atoms. The van der Waals surface area contributed by atoms with Crippen LogP contribution in [0.4, 0.5) is 18.9 Å². The van der Waals surface area contributed by atoms with Gasteiger partial charge in [0, 0.05) is 12.1 Å². The van der Waals surface area contributed by atoms with E-state index < -0.39 is 74.6 Å². The summed E-state index contributed by atoms with van der Waals surface area (Å²) in [6.07, 6.45) is -6.01. The van der Waals surface area contributed by atoms with Gasteiger partial charge in [0.2, 0.25) is 15.9 Å². The van der Waals surface area contributed by atoms with Crippen LogP contribution in [0.3, 0.4) is 0 Å². The third-order valence-corrected chi connectivity index (χ3v) is 7.96. The molecule has 4 heterocycles. The maximum Gasteiger partial charge on any atom is 0.417 e. The van der Waals surface area contributed by atoms with Crippen LogP contribution in [0, 0.1) is 23.2 Å². The van der Waals surface area contributed by atoms with Crippen molar-refractivity contribution >= 4 is 21.6 Å². The average Bonchev–Trinajstić information content (AvgIpc) is 3.25. The molecule has 5 rings (SSSR count). The third kappa shape index (κ3) is 2.91. The van der Waals surface area contributed by atoms with Gasteiger partial charge in [-0.15, -0.1) is 0 Å². The number of hydrogen-bond acceptors (Lipinski definition) is 7. The number of carbonyl (C=O) groups excluding carboxylic acids is 1. The number of hydrogen-bond donors (Lipinski definition) is 2. The van der Waals surface area contributed by atoms with Crippen LogP contribution < -0.4 is 9.62 Å². The van der Waals surface area contributed by atoms with Gasteiger partial charge in [-0.05, 0) is 25.1 Å². The molecule has 2 N–H and O–H groups in total. The lowest BCUT2D eigenvalue weighted by Crippen LogP contribution is -2.65. The number of benzene rings is 1. The number of aliphatic hydroxyl groups excluding tert-OH is 1. The predicted octanol–water partition coefficient (Wildman–Crippen LogP) is 0.722. The molecule has 4 aliphatic heterocycles. The first-order valence-electron chi connectivity index (χ1n) is 10.2. The summed E-state index contributed by atoms with van der Waals surface area (Å²) in [6, 6.07) is 3.35. The fraction of sp³-hybridized carbons (Fsp3) is 0.600. The number of aliphatic hydroxyl groups is 1. The van der Waals surface area contributed by atoms with Crippen molar-refractivity contribution in [1.82, 2.24) is 4.72 Å². The second-order valence-electron chi connectivity index (χ2n) is 9.12. The number of halogens is 3. The molecule has 0 radical (unpaired) electrons. The van der Waals surface area contributed by atoms with Gasteiger partial charge < -0.3 is 14.6 Å². The van der Waals surface area contributed by atoms with E-state index in [4.69, 9.17) is 14.7 Å². The zero-order valence-electron chi connectivity index (χ0n) is 17.5. The number of anilines is 1. The standard InChI is InChI=1S/C20H20F3N3O6S/c1-18-12-13-17(31-6-5-19(13,32-18)15(27)14(18)25-33(2,29)30)26(16(12)28)10-4-3-9(8-24)11(7-10)20(21,22)23/h3-4,7,12-15,17,25,27H,5-6H2,1-2H3/t12-,13+,14+,15+,17+,18+,19-/m1/s1. The lowest BCUT2D eigenvalue weighted by Gasteiger charge is -2.45. The topological polar surface area (TPSA) is 129 Å². The number of fused-ring (bicyclic) bond motifs is 2. The van der Waals surface area contributed by atoms with Gasteiger partial charge >= 0.3 is 6.18 Å². The van der Waals surface area contributed by atoms with E-state index >= 15 is 0 Å². The summed E-state index contributed by atoms with van der Waals surface area (Å²) < 4.78 is 78.9. The lowest BCUT2D eigenvalue weighted by atomic mass is 9.63. The first-order valence-corrected chi connectivity index (χ1v) is 12.1. The first-order chi connectivity index (χ1) is 15.2. The number of sulfonamides is 1. The van der Waals surface area contributed by atoms with Crippen LogP contribution in [0.25, 0.3) is 0 Å². The Morgan fingerprint density at radius 2 is 2.06 bits per heavy atom. The van der Waals surface area contributed by atoms with Crippen LogP contribution in [-0.2, 0) is 30.5 Å². The van der Waals surface area contributed by atoms with Crippen molar-refractivity contribution in [2.45, 2.75) is 49.1 Å². The lowest BCUT2D eigenvalue weighted by molar-refractivity contribution is -0.164. The van der Waals surface area contributed by atoms with Crippen molar-refractivity contribution in [3.8, 4) is 6.07 Å². The van der Waals surface area contributed by atoms with Gasteiger partial charge in [-0.2, -0.15) is 18.4 Å². The second kappa shape index (κ2) is 6.67. The van der Waals surface area contributed by atoms with E-state index in [-0.39, 0.29) is 18.7 Å². The quantitative estimate of drug-likeness (QED) is 0.643. The van der Waals surface area contributed by atoms with Gasteiger partial charge in [0.15, 0.2) is 0 Å². The predicted molar refractivity (Wildman–Crippen MR) is 105 cm³/mol. The fourth-order valence-corrected chi connectivity index (χ4v) is 6.94. The van der Waals surface area contributed by atoms with Gasteiger partial charge in [-0.25, -0.2) is 13.1 Å². The maximum absolute atomic E-state index is 13.6. The highest BCUT2D eigenvalue weighted by atomic mass is 32.2. The molecule has 7 atom stereocenters. The number of nitrogens with one attached hydrogen (secondary N) is 1. The number of rotatable bonds is 3. The molecule has 178 valence electrons. The van der Waals surface area contributed by atoms with Gasteiger partial charge in [-0.1, -0.05) is 0 Å². The van der Waals surface area contributed by atoms with E-state index in [1.807, 2.05) is 0 Å². The molecular weight excluding hydrogens is 467 g/mol. The summed E-state index contributed by atoms with van der Waals surface area (Å²) in [4.78, 5) is 14.7. The van der Waals surface area contributed by atoms with Crippen LogP contribution in [0.5, 0.6) is 0 Å². The number of ether oxygens (including phenoxy) is 2. The number of amides is 1. The van der Waals surface area contributed by atoms with Gasteiger partial charge in [0.05, 0.1) is 53.5 Å². The molecule has 13 heteroatoms. The van der Waals surface area contributed by atoms with E-state index in [9.17, 15) is 31.5 Å². The minimum absolute atomic E-state index is 0.0405. The van der Waals surface area contributed by atoms with E-state index in [0.29, 0.717) is 0 Å². The van der Waals surface area contributed by atoms with Gasteiger partial charge in [-0.3, -0.25) is 9.69 Å². The second-order valence-corrected chi connectivity index (χ2v) is 10.9. The molecule has 4 saturated heterocycles. The van der Waals surface area contributed by atoms with Crippen molar-refractivity contribution in [2.24, 2.45) is 11.8 Å². The van der Waals surface area contributed by atoms with Crippen LogP contribution in [0.15, 0.2) is 18.2 Å². The van der Waals surface area contributed by atoms with Crippen LogP contribution in [0.1, 0.15) is 24.5 Å². The maximum atomic E-state index is 13.6. The third-order valence-electron chi connectivity index (χ3n) is 7.28. The average molecular weight is 487 g/mol. The van der Waals surface area contributed by atoms with Crippen molar-refractivity contribution in [3.63, 3.8) is 0 Å². The summed E-state index contributed by atoms with van der Waals surface area (Å²) in [5.74, 6) is -2.28. The van der Waals surface area contributed by atoms with E-state index in [0.717, 1.165) is 23.3 Å². The normalized spacial score (nSPS) is 39.6. The van der Waals surface area contributed by atoms with Crippen LogP contribution in [-0.4, -0.2) is 61.9 Å². The fourth-order valence-electron chi connectivity index (χ4n) is 6.11. The highest BCUT2D eigenvalue weighted by Crippen LogP contribution is 2.65. The summed E-state index contributed by atoms with van der Waals surface area (Å²) >= 11 is 0. The van der Waals surface area contributed by atoms with E-state index in [2.05, 4.69) is 4.72 Å².